The van der Waals surface area contributed by atoms with Gasteiger partial charge >= 0.3 is 0 Å². The van der Waals surface area contributed by atoms with Crippen molar-refractivity contribution < 1.29 is 4.79 Å². The third-order valence-corrected chi connectivity index (χ3v) is 4.72. The summed E-state index contributed by atoms with van der Waals surface area (Å²) < 4.78 is 1.98. The standard InChI is InChI=1S/C19H18N2OS/c1-13-9-10-16(14(2)11-13)17-12-23-19(21(17)3)20-18(22)15-7-5-4-6-8-15/h4-12H,1-3H3. The molecule has 1 heterocycles. The van der Waals surface area contributed by atoms with Gasteiger partial charge in [-0.3, -0.25) is 4.79 Å². The Morgan fingerprint density at radius 2 is 1.83 bits per heavy atom. The maximum atomic E-state index is 12.3. The van der Waals surface area contributed by atoms with Crippen LogP contribution < -0.4 is 4.80 Å². The fourth-order valence-corrected chi connectivity index (χ4v) is 3.44. The van der Waals surface area contributed by atoms with Crippen molar-refractivity contribution in [2.24, 2.45) is 12.0 Å². The number of carbonyl (C=O) groups excluding carboxylic acids is 1. The fraction of sp³-hybridized carbons (Fsp3) is 0.158. The summed E-state index contributed by atoms with van der Waals surface area (Å²) in [6, 6.07) is 15.5. The zero-order chi connectivity index (χ0) is 16.4. The molecule has 0 atom stereocenters. The fourth-order valence-electron chi connectivity index (χ4n) is 2.55. The van der Waals surface area contributed by atoms with Crippen LogP contribution in [-0.2, 0) is 7.05 Å². The van der Waals surface area contributed by atoms with Gasteiger partial charge in [0.15, 0.2) is 4.80 Å². The van der Waals surface area contributed by atoms with Crippen LogP contribution in [-0.4, -0.2) is 10.5 Å². The quantitative estimate of drug-likeness (QED) is 0.699. The molecular weight excluding hydrogens is 304 g/mol. The molecule has 0 aliphatic heterocycles. The first-order valence-corrected chi connectivity index (χ1v) is 8.30. The Kier molecular flexibility index (Phi) is 4.26. The van der Waals surface area contributed by atoms with E-state index < -0.39 is 0 Å². The molecule has 0 aliphatic rings. The first kappa shape index (κ1) is 15.4. The van der Waals surface area contributed by atoms with Crippen LogP contribution in [0.5, 0.6) is 0 Å². The Bertz CT molecular complexity index is 920. The van der Waals surface area contributed by atoms with E-state index in [1.54, 1.807) is 12.1 Å². The first-order valence-electron chi connectivity index (χ1n) is 7.42. The zero-order valence-corrected chi connectivity index (χ0v) is 14.2. The molecule has 3 nitrogen and oxygen atoms in total. The van der Waals surface area contributed by atoms with Gasteiger partial charge in [-0.25, -0.2) is 0 Å². The van der Waals surface area contributed by atoms with Crippen LogP contribution in [0.15, 0.2) is 58.9 Å². The van der Waals surface area contributed by atoms with Crippen molar-refractivity contribution >= 4 is 17.2 Å². The highest BCUT2D eigenvalue weighted by Gasteiger charge is 2.09. The van der Waals surface area contributed by atoms with Gasteiger partial charge in [0, 0.05) is 23.6 Å². The SMILES string of the molecule is Cc1ccc(-c2csc(=NC(=O)c3ccccc3)n2C)c(C)c1. The summed E-state index contributed by atoms with van der Waals surface area (Å²) >= 11 is 1.48. The van der Waals surface area contributed by atoms with Crippen molar-refractivity contribution in [1.82, 2.24) is 4.57 Å². The second-order valence-electron chi connectivity index (χ2n) is 5.56. The number of hydrogen-bond acceptors (Lipinski definition) is 2. The molecule has 0 fully saturated rings. The maximum Gasteiger partial charge on any atom is 0.279 e. The van der Waals surface area contributed by atoms with E-state index in [2.05, 4.69) is 42.4 Å². The van der Waals surface area contributed by atoms with Crippen LogP contribution in [0.4, 0.5) is 0 Å². The number of nitrogens with zero attached hydrogens (tertiary/aromatic N) is 2. The highest BCUT2D eigenvalue weighted by atomic mass is 32.1. The predicted molar refractivity (Wildman–Crippen MR) is 94.5 cm³/mol. The Balaban J connectivity index is 2.02. The van der Waals surface area contributed by atoms with Crippen LogP contribution in [0, 0.1) is 13.8 Å². The molecule has 0 spiro atoms. The van der Waals surface area contributed by atoms with Crippen molar-refractivity contribution in [3.63, 3.8) is 0 Å². The smallest absolute Gasteiger partial charge is 0.279 e. The van der Waals surface area contributed by atoms with Crippen LogP contribution >= 0.6 is 11.3 Å². The van der Waals surface area contributed by atoms with Crippen LogP contribution in [0.1, 0.15) is 21.5 Å². The van der Waals surface area contributed by atoms with Crippen LogP contribution in [0.25, 0.3) is 11.3 Å². The lowest BCUT2D eigenvalue weighted by atomic mass is 10.0. The lowest BCUT2D eigenvalue weighted by Gasteiger charge is -2.07. The van der Waals surface area contributed by atoms with Gasteiger partial charge < -0.3 is 4.57 Å². The topological polar surface area (TPSA) is 34.4 Å². The van der Waals surface area contributed by atoms with Crippen molar-refractivity contribution in [2.75, 3.05) is 0 Å². The van der Waals surface area contributed by atoms with E-state index in [0.717, 1.165) is 5.69 Å². The molecule has 0 radical (unpaired) electrons. The molecule has 0 saturated carbocycles. The van der Waals surface area contributed by atoms with Crippen molar-refractivity contribution in [2.45, 2.75) is 13.8 Å². The molecule has 0 unspecified atom stereocenters. The van der Waals surface area contributed by atoms with E-state index in [1.165, 1.54) is 28.0 Å². The maximum absolute atomic E-state index is 12.3. The molecule has 3 rings (SSSR count). The molecule has 0 bridgehead atoms. The average Bonchev–Trinajstić information content (AvgIpc) is 2.89. The summed E-state index contributed by atoms with van der Waals surface area (Å²) in [4.78, 5) is 17.2. The Morgan fingerprint density at radius 1 is 1.09 bits per heavy atom. The average molecular weight is 322 g/mol. The molecule has 116 valence electrons. The highest BCUT2D eigenvalue weighted by Crippen LogP contribution is 2.24. The van der Waals surface area contributed by atoms with E-state index in [0.29, 0.717) is 10.4 Å². The van der Waals surface area contributed by atoms with Gasteiger partial charge in [-0.05, 0) is 31.5 Å². The van der Waals surface area contributed by atoms with E-state index >= 15 is 0 Å². The van der Waals surface area contributed by atoms with Gasteiger partial charge in [0.2, 0.25) is 0 Å². The number of aromatic nitrogens is 1. The number of thiazole rings is 1. The van der Waals surface area contributed by atoms with E-state index in [9.17, 15) is 4.79 Å². The highest BCUT2D eigenvalue weighted by molar-refractivity contribution is 7.07. The number of amides is 1. The lowest BCUT2D eigenvalue weighted by molar-refractivity contribution is 0.0998. The Hall–Kier alpha value is -2.46. The van der Waals surface area contributed by atoms with Crippen LogP contribution in [0.3, 0.4) is 0 Å². The monoisotopic (exact) mass is 322 g/mol. The molecule has 2 aromatic carbocycles. The van der Waals surface area contributed by atoms with Gasteiger partial charge in [0.05, 0.1) is 5.69 Å². The molecule has 23 heavy (non-hydrogen) atoms. The third kappa shape index (κ3) is 3.17. The number of benzene rings is 2. The summed E-state index contributed by atoms with van der Waals surface area (Å²) in [5.41, 5.74) is 5.32. The van der Waals surface area contributed by atoms with Crippen molar-refractivity contribution in [1.29, 1.82) is 0 Å². The summed E-state index contributed by atoms with van der Waals surface area (Å²) in [5.74, 6) is -0.213. The van der Waals surface area contributed by atoms with E-state index in [4.69, 9.17) is 0 Å². The van der Waals surface area contributed by atoms with Crippen molar-refractivity contribution in [3.05, 3.63) is 75.4 Å². The van der Waals surface area contributed by atoms with Gasteiger partial charge in [0.1, 0.15) is 0 Å². The summed E-state index contributed by atoms with van der Waals surface area (Å²) in [7, 11) is 1.95. The molecule has 4 heteroatoms. The normalized spacial score (nSPS) is 11.7. The van der Waals surface area contributed by atoms with Gasteiger partial charge in [-0.1, -0.05) is 42.0 Å². The molecule has 3 aromatic rings. The number of carbonyl (C=O) groups is 1. The minimum Gasteiger partial charge on any atom is -0.319 e. The molecule has 1 aromatic heterocycles. The van der Waals surface area contributed by atoms with E-state index in [-0.39, 0.29) is 5.91 Å². The number of hydrogen-bond donors (Lipinski definition) is 0. The Labute approximate surface area is 139 Å². The minimum atomic E-state index is -0.213. The molecular formula is C19H18N2OS. The third-order valence-electron chi connectivity index (χ3n) is 3.80. The molecule has 1 amide bonds. The summed E-state index contributed by atoms with van der Waals surface area (Å²) in [6.45, 7) is 4.19. The predicted octanol–water partition coefficient (Wildman–Crippen LogP) is 4.11. The molecule has 0 N–H and O–H groups in total. The Morgan fingerprint density at radius 3 is 2.52 bits per heavy atom. The second kappa shape index (κ2) is 6.34. The summed E-state index contributed by atoms with van der Waals surface area (Å²) in [6.07, 6.45) is 0. The van der Waals surface area contributed by atoms with Crippen molar-refractivity contribution in [3.8, 4) is 11.3 Å². The van der Waals surface area contributed by atoms with Crippen LogP contribution in [0.2, 0.25) is 0 Å². The number of rotatable bonds is 2. The zero-order valence-electron chi connectivity index (χ0n) is 13.4. The lowest BCUT2D eigenvalue weighted by Crippen LogP contribution is -2.14. The van der Waals surface area contributed by atoms with E-state index in [1.807, 2.05) is 29.8 Å². The first-order chi connectivity index (χ1) is 11.1. The largest absolute Gasteiger partial charge is 0.319 e. The second-order valence-corrected chi connectivity index (χ2v) is 6.40. The number of aryl methyl sites for hydroxylation is 2. The van der Waals surface area contributed by atoms with Gasteiger partial charge in [-0.2, -0.15) is 4.99 Å². The molecule has 0 aliphatic carbocycles. The van der Waals surface area contributed by atoms with Gasteiger partial charge in [0.25, 0.3) is 5.91 Å². The minimum absolute atomic E-state index is 0.213. The summed E-state index contributed by atoms with van der Waals surface area (Å²) in [5, 5.41) is 2.05. The molecule has 0 saturated heterocycles. The van der Waals surface area contributed by atoms with Gasteiger partial charge in [-0.15, -0.1) is 11.3 Å².